The van der Waals surface area contributed by atoms with Gasteiger partial charge in [0, 0.05) is 30.7 Å². The van der Waals surface area contributed by atoms with E-state index in [0.29, 0.717) is 0 Å². The van der Waals surface area contributed by atoms with Crippen molar-refractivity contribution in [3.63, 3.8) is 0 Å². The predicted molar refractivity (Wildman–Crippen MR) is 62.9 cm³/mol. The number of hydrogen-bond acceptors (Lipinski definition) is 2. The topological polar surface area (TPSA) is 16.1 Å². The summed E-state index contributed by atoms with van der Waals surface area (Å²) in [6, 6.07) is 4.12. The Bertz CT molecular complexity index is 310. The quantitative estimate of drug-likeness (QED) is 0.769. The minimum atomic E-state index is 0.880. The van der Waals surface area contributed by atoms with Crippen molar-refractivity contribution in [1.82, 2.24) is 4.98 Å². The average molecular weight is 255 g/mol. The zero-order chi connectivity index (χ0) is 9.97. The van der Waals surface area contributed by atoms with E-state index in [0.717, 1.165) is 23.6 Å². The first kappa shape index (κ1) is 9.97. The van der Waals surface area contributed by atoms with Crippen molar-refractivity contribution in [3.05, 3.63) is 23.9 Å². The summed E-state index contributed by atoms with van der Waals surface area (Å²) in [6.07, 6.45) is 4.65. The molecule has 0 spiro atoms. The van der Waals surface area contributed by atoms with Gasteiger partial charge in [0.2, 0.25) is 0 Å². The number of alkyl halides is 1. The minimum Gasteiger partial charge on any atom is -0.359 e. The van der Waals surface area contributed by atoms with Gasteiger partial charge in [-0.05, 0) is 24.8 Å². The number of anilines is 1. The molecule has 0 N–H and O–H groups in total. The summed E-state index contributed by atoms with van der Waals surface area (Å²) < 4.78 is 0. The molecule has 1 aromatic heterocycles. The van der Waals surface area contributed by atoms with Gasteiger partial charge in [-0.25, -0.2) is 4.98 Å². The second-order valence-electron chi connectivity index (χ2n) is 3.94. The van der Waals surface area contributed by atoms with E-state index < -0.39 is 0 Å². The second kappa shape index (κ2) is 4.30. The highest BCUT2D eigenvalue weighted by atomic mass is 79.9. The van der Waals surface area contributed by atoms with Crippen LogP contribution in [0.3, 0.4) is 0 Å². The molecule has 1 fully saturated rings. The zero-order valence-corrected chi connectivity index (χ0v) is 10.00. The molecule has 2 rings (SSSR count). The summed E-state index contributed by atoms with van der Waals surface area (Å²) in [6.45, 7) is 1.15. The summed E-state index contributed by atoms with van der Waals surface area (Å²) in [4.78, 5) is 6.70. The van der Waals surface area contributed by atoms with E-state index >= 15 is 0 Å². The van der Waals surface area contributed by atoms with Crippen molar-refractivity contribution >= 4 is 21.7 Å². The largest absolute Gasteiger partial charge is 0.359 e. The maximum Gasteiger partial charge on any atom is 0.132 e. The maximum absolute atomic E-state index is 4.43. The van der Waals surface area contributed by atoms with Crippen molar-refractivity contribution in [3.8, 4) is 0 Å². The fourth-order valence-electron chi connectivity index (χ4n) is 1.65. The second-order valence-corrected chi connectivity index (χ2v) is 4.50. The molecule has 0 aliphatic heterocycles. The van der Waals surface area contributed by atoms with Crippen molar-refractivity contribution in [2.75, 3.05) is 18.5 Å². The van der Waals surface area contributed by atoms with E-state index in [1.807, 2.05) is 12.3 Å². The number of pyridine rings is 1. The first-order valence-electron chi connectivity index (χ1n) is 5.02. The van der Waals surface area contributed by atoms with Gasteiger partial charge < -0.3 is 4.90 Å². The van der Waals surface area contributed by atoms with Gasteiger partial charge in [-0.15, -0.1) is 0 Å². The molecule has 1 aliphatic carbocycles. The van der Waals surface area contributed by atoms with E-state index in [1.165, 1.54) is 18.4 Å². The first-order chi connectivity index (χ1) is 6.81. The molecule has 76 valence electrons. The Kier molecular flexibility index (Phi) is 3.06. The van der Waals surface area contributed by atoms with Crippen LogP contribution < -0.4 is 4.90 Å². The van der Waals surface area contributed by atoms with Gasteiger partial charge in [0.25, 0.3) is 0 Å². The Morgan fingerprint density at radius 1 is 1.57 bits per heavy atom. The highest BCUT2D eigenvalue weighted by Gasteiger charge is 2.23. The first-order valence-corrected chi connectivity index (χ1v) is 6.14. The van der Waals surface area contributed by atoms with Crippen LogP contribution in [0.15, 0.2) is 18.3 Å². The Hall–Kier alpha value is -0.570. The third-order valence-corrected chi connectivity index (χ3v) is 3.21. The Morgan fingerprint density at radius 3 is 3.00 bits per heavy atom. The lowest BCUT2D eigenvalue weighted by Gasteiger charge is -2.20. The molecule has 2 nitrogen and oxygen atoms in total. The van der Waals surface area contributed by atoms with Gasteiger partial charge in [-0.2, -0.15) is 0 Å². The SMILES string of the molecule is CN(CC1CC1)c1ncccc1CBr. The lowest BCUT2D eigenvalue weighted by molar-refractivity contribution is 0.774. The third kappa shape index (κ3) is 2.27. The summed E-state index contributed by atoms with van der Waals surface area (Å²) in [7, 11) is 2.13. The van der Waals surface area contributed by atoms with Crippen LogP contribution in [0.2, 0.25) is 0 Å². The standard InChI is InChI=1S/C11H15BrN2/c1-14(8-9-4-5-9)11-10(7-12)3-2-6-13-11/h2-3,6,9H,4-5,7-8H2,1H3. The Balaban J connectivity index is 2.11. The number of hydrogen-bond donors (Lipinski definition) is 0. The number of rotatable bonds is 4. The highest BCUT2D eigenvalue weighted by molar-refractivity contribution is 9.08. The summed E-state index contributed by atoms with van der Waals surface area (Å²) in [5.74, 6) is 2.03. The van der Waals surface area contributed by atoms with Gasteiger partial charge in [0.1, 0.15) is 5.82 Å². The fourth-order valence-corrected chi connectivity index (χ4v) is 2.09. The van der Waals surface area contributed by atoms with Gasteiger partial charge in [-0.1, -0.05) is 22.0 Å². The molecule has 14 heavy (non-hydrogen) atoms. The normalized spacial score (nSPS) is 15.6. The minimum absolute atomic E-state index is 0.880. The molecule has 0 amide bonds. The molecule has 1 saturated carbocycles. The third-order valence-electron chi connectivity index (χ3n) is 2.60. The molecule has 0 bridgehead atoms. The van der Waals surface area contributed by atoms with Crippen LogP contribution in [0, 0.1) is 5.92 Å². The maximum atomic E-state index is 4.43. The van der Waals surface area contributed by atoms with Crippen LogP contribution in [0.1, 0.15) is 18.4 Å². The van der Waals surface area contributed by atoms with E-state index in [9.17, 15) is 0 Å². The van der Waals surface area contributed by atoms with Gasteiger partial charge >= 0.3 is 0 Å². The Labute approximate surface area is 93.5 Å². The summed E-state index contributed by atoms with van der Waals surface area (Å²) in [5, 5.41) is 0.880. The zero-order valence-electron chi connectivity index (χ0n) is 8.41. The number of halogens is 1. The van der Waals surface area contributed by atoms with Crippen LogP contribution >= 0.6 is 15.9 Å². The molecule has 1 heterocycles. The van der Waals surface area contributed by atoms with Crippen molar-refractivity contribution in [2.45, 2.75) is 18.2 Å². The van der Waals surface area contributed by atoms with Crippen LogP contribution in [0.5, 0.6) is 0 Å². The Morgan fingerprint density at radius 2 is 2.36 bits per heavy atom. The van der Waals surface area contributed by atoms with Crippen LogP contribution in [-0.2, 0) is 5.33 Å². The van der Waals surface area contributed by atoms with Gasteiger partial charge in [0.05, 0.1) is 0 Å². The van der Waals surface area contributed by atoms with E-state index in [-0.39, 0.29) is 0 Å². The lowest BCUT2D eigenvalue weighted by atomic mass is 10.2. The molecular formula is C11H15BrN2. The monoisotopic (exact) mass is 254 g/mol. The molecule has 0 aromatic carbocycles. The van der Waals surface area contributed by atoms with Gasteiger partial charge in [-0.3, -0.25) is 0 Å². The molecule has 0 radical (unpaired) electrons. The highest BCUT2D eigenvalue weighted by Crippen LogP contribution is 2.31. The number of nitrogens with zero attached hydrogens (tertiary/aromatic N) is 2. The lowest BCUT2D eigenvalue weighted by Crippen LogP contribution is -2.22. The predicted octanol–water partition coefficient (Wildman–Crippen LogP) is 2.82. The van der Waals surface area contributed by atoms with Crippen LogP contribution in [0.25, 0.3) is 0 Å². The summed E-state index contributed by atoms with van der Waals surface area (Å²) >= 11 is 3.49. The molecule has 1 aromatic rings. The van der Waals surface area contributed by atoms with Crippen LogP contribution in [0.4, 0.5) is 5.82 Å². The molecular weight excluding hydrogens is 240 g/mol. The van der Waals surface area contributed by atoms with E-state index in [1.54, 1.807) is 0 Å². The molecule has 0 saturated heterocycles. The van der Waals surface area contributed by atoms with E-state index in [4.69, 9.17) is 0 Å². The van der Waals surface area contributed by atoms with Gasteiger partial charge in [0.15, 0.2) is 0 Å². The van der Waals surface area contributed by atoms with E-state index in [2.05, 4.69) is 38.9 Å². The van der Waals surface area contributed by atoms with Crippen molar-refractivity contribution < 1.29 is 0 Å². The molecule has 3 heteroatoms. The molecule has 0 atom stereocenters. The molecule has 0 unspecified atom stereocenters. The fraction of sp³-hybridized carbons (Fsp3) is 0.545. The average Bonchev–Trinajstić information content (AvgIpc) is 3.01. The van der Waals surface area contributed by atoms with Crippen molar-refractivity contribution in [2.24, 2.45) is 5.92 Å². The number of aromatic nitrogens is 1. The molecule has 1 aliphatic rings. The summed E-state index contributed by atoms with van der Waals surface area (Å²) in [5.41, 5.74) is 1.27. The smallest absolute Gasteiger partial charge is 0.132 e. The van der Waals surface area contributed by atoms with Crippen LogP contribution in [-0.4, -0.2) is 18.6 Å². The van der Waals surface area contributed by atoms with Crippen molar-refractivity contribution in [1.29, 1.82) is 0 Å².